The summed E-state index contributed by atoms with van der Waals surface area (Å²) in [6.45, 7) is 0.430. The Morgan fingerprint density at radius 2 is 2.14 bits per heavy atom. The van der Waals surface area contributed by atoms with Gasteiger partial charge < -0.3 is 9.52 Å². The fraction of sp³-hybridized carbons (Fsp3) is 0.789. The van der Waals surface area contributed by atoms with Crippen LogP contribution in [0, 0.1) is 29.1 Å². The topological polar surface area (TPSA) is 33.4 Å². The van der Waals surface area contributed by atoms with Crippen LogP contribution in [0.1, 0.15) is 62.2 Å². The van der Waals surface area contributed by atoms with Gasteiger partial charge in [-0.2, -0.15) is 0 Å². The number of hydrogen-bond donors (Lipinski definition) is 1. The van der Waals surface area contributed by atoms with Gasteiger partial charge in [0, 0.05) is 13.0 Å². The Labute approximate surface area is 126 Å². The number of aryl methyl sites for hydroxylation is 1. The SMILES string of the molecule is OC[C@H]1CC23CC[C@@H]4c5ccoc5CCC4C2CC[C@@H]1C3. The van der Waals surface area contributed by atoms with Crippen LogP contribution in [0.2, 0.25) is 0 Å². The largest absolute Gasteiger partial charge is 0.469 e. The van der Waals surface area contributed by atoms with Crippen molar-refractivity contribution in [2.24, 2.45) is 29.1 Å². The quantitative estimate of drug-likeness (QED) is 0.842. The Morgan fingerprint density at radius 3 is 3.05 bits per heavy atom. The van der Waals surface area contributed by atoms with Crippen molar-refractivity contribution >= 4 is 0 Å². The minimum absolute atomic E-state index is 0.430. The van der Waals surface area contributed by atoms with Gasteiger partial charge >= 0.3 is 0 Å². The summed E-state index contributed by atoms with van der Waals surface area (Å²) in [4.78, 5) is 0. The van der Waals surface area contributed by atoms with Gasteiger partial charge in [-0.1, -0.05) is 0 Å². The molecule has 1 N–H and O–H groups in total. The van der Waals surface area contributed by atoms with Gasteiger partial charge in [0.05, 0.1) is 6.26 Å². The first-order valence-corrected chi connectivity index (χ1v) is 8.98. The van der Waals surface area contributed by atoms with Crippen LogP contribution in [0.3, 0.4) is 0 Å². The summed E-state index contributed by atoms with van der Waals surface area (Å²) in [5.74, 6) is 5.30. The van der Waals surface area contributed by atoms with Gasteiger partial charge in [0.25, 0.3) is 0 Å². The van der Waals surface area contributed by atoms with Crippen molar-refractivity contribution in [3.8, 4) is 0 Å². The number of aliphatic hydroxyl groups excluding tert-OH is 1. The molecule has 2 heteroatoms. The summed E-state index contributed by atoms with van der Waals surface area (Å²) in [6.07, 6.45) is 12.7. The molecule has 3 fully saturated rings. The highest BCUT2D eigenvalue weighted by atomic mass is 16.3. The van der Waals surface area contributed by atoms with Crippen LogP contribution in [0.15, 0.2) is 16.7 Å². The number of rotatable bonds is 1. The molecule has 21 heavy (non-hydrogen) atoms. The highest BCUT2D eigenvalue weighted by Gasteiger charge is 2.58. The van der Waals surface area contributed by atoms with E-state index in [1.807, 2.05) is 6.26 Å². The molecule has 2 nitrogen and oxygen atoms in total. The first kappa shape index (κ1) is 12.8. The summed E-state index contributed by atoms with van der Waals surface area (Å²) in [5.41, 5.74) is 2.14. The molecule has 1 aromatic heterocycles. The smallest absolute Gasteiger partial charge is 0.107 e. The Kier molecular flexibility index (Phi) is 2.66. The van der Waals surface area contributed by atoms with E-state index in [0.29, 0.717) is 17.9 Å². The number of furan rings is 1. The van der Waals surface area contributed by atoms with Crippen molar-refractivity contribution in [1.82, 2.24) is 0 Å². The van der Waals surface area contributed by atoms with Gasteiger partial charge in [0.1, 0.15) is 5.76 Å². The molecule has 5 rings (SSSR count). The molecule has 1 heterocycles. The molecular weight excluding hydrogens is 260 g/mol. The lowest BCUT2D eigenvalue weighted by Crippen LogP contribution is -2.44. The van der Waals surface area contributed by atoms with E-state index >= 15 is 0 Å². The molecular formula is C19H26O2. The predicted molar refractivity (Wildman–Crippen MR) is 81.0 cm³/mol. The molecule has 0 aliphatic heterocycles. The van der Waals surface area contributed by atoms with Crippen molar-refractivity contribution < 1.29 is 9.52 Å². The van der Waals surface area contributed by atoms with Gasteiger partial charge in [0.15, 0.2) is 0 Å². The van der Waals surface area contributed by atoms with Crippen molar-refractivity contribution in [1.29, 1.82) is 0 Å². The Hall–Kier alpha value is -0.760. The van der Waals surface area contributed by atoms with Gasteiger partial charge in [-0.25, -0.2) is 0 Å². The molecule has 6 atom stereocenters. The summed E-state index contributed by atoms with van der Waals surface area (Å²) < 4.78 is 5.70. The molecule has 3 saturated carbocycles. The van der Waals surface area contributed by atoms with Crippen LogP contribution in [-0.4, -0.2) is 11.7 Å². The average Bonchev–Trinajstić information content (AvgIpc) is 3.09. The van der Waals surface area contributed by atoms with E-state index in [9.17, 15) is 5.11 Å². The second-order valence-corrected chi connectivity index (χ2v) is 8.30. The lowest BCUT2D eigenvalue weighted by Gasteiger charge is -2.53. The van der Waals surface area contributed by atoms with Crippen LogP contribution in [0.4, 0.5) is 0 Å². The van der Waals surface area contributed by atoms with E-state index in [1.165, 1.54) is 50.7 Å². The molecule has 2 bridgehead atoms. The van der Waals surface area contributed by atoms with E-state index in [4.69, 9.17) is 4.42 Å². The third-order valence-electron chi connectivity index (χ3n) is 7.74. The number of hydrogen-bond acceptors (Lipinski definition) is 2. The predicted octanol–water partition coefficient (Wildman–Crippen LogP) is 4.13. The van der Waals surface area contributed by atoms with E-state index in [1.54, 1.807) is 5.56 Å². The third-order valence-corrected chi connectivity index (χ3v) is 7.74. The van der Waals surface area contributed by atoms with E-state index in [-0.39, 0.29) is 0 Å². The van der Waals surface area contributed by atoms with E-state index in [0.717, 1.165) is 30.1 Å². The van der Waals surface area contributed by atoms with Crippen molar-refractivity contribution in [3.05, 3.63) is 23.7 Å². The van der Waals surface area contributed by atoms with Crippen LogP contribution in [-0.2, 0) is 6.42 Å². The highest BCUT2D eigenvalue weighted by molar-refractivity contribution is 5.28. The van der Waals surface area contributed by atoms with Crippen LogP contribution in [0.25, 0.3) is 0 Å². The maximum Gasteiger partial charge on any atom is 0.107 e. The minimum atomic E-state index is 0.430. The summed E-state index contributed by atoms with van der Waals surface area (Å²) >= 11 is 0. The van der Waals surface area contributed by atoms with Crippen LogP contribution < -0.4 is 0 Å². The average molecular weight is 286 g/mol. The molecule has 3 unspecified atom stereocenters. The molecule has 0 saturated heterocycles. The van der Waals surface area contributed by atoms with Crippen LogP contribution in [0.5, 0.6) is 0 Å². The standard InChI is InChI=1S/C19H26O2/c20-11-13-10-19-7-5-14-15(17(19)3-1-12(13)9-19)2-4-18-16(14)6-8-21-18/h6,8,12-15,17,20H,1-5,7,9-11H2/t12-,13-,14+,15?,17?,19?/m1/s1. The second kappa shape index (κ2) is 4.38. The third kappa shape index (κ3) is 1.63. The summed E-state index contributed by atoms with van der Waals surface area (Å²) in [5, 5.41) is 9.72. The molecule has 1 spiro atoms. The van der Waals surface area contributed by atoms with Gasteiger partial charge in [0.2, 0.25) is 0 Å². The fourth-order valence-electron chi connectivity index (χ4n) is 6.98. The van der Waals surface area contributed by atoms with Crippen molar-refractivity contribution in [3.63, 3.8) is 0 Å². The summed E-state index contributed by atoms with van der Waals surface area (Å²) in [7, 11) is 0. The lowest BCUT2D eigenvalue weighted by atomic mass is 9.51. The molecule has 4 aliphatic carbocycles. The van der Waals surface area contributed by atoms with E-state index < -0.39 is 0 Å². The molecule has 1 aromatic rings. The van der Waals surface area contributed by atoms with Crippen molar-refractivity contribution in [2.75, 3.05) is 6.61 Å². The molecule has 4 aliphatic rings. The van der Waals surface area contributed by atoms with Gasteiger partial charge in [-0.15, -0.1) is 0 Å². The zero-order chi connectivity index (χ0) is 14.0. The van der Waals surface area contributed by atoms with Crippen LogP contribution >= 0.6 is 0 Å². The second-order valence-electron chi connectivity index (χ2n) is 8.30. The minimum Gasteiger partial charge on any atom is -0.469 e. The van der Waals surface area contributed by atoms with E-state index in [2.05, 4.69) is 6.07 Å². The first-order chi connectivity index (χ1) is 10.3. The number of fused-ring (bicyclic) bond motifs is 5. The maximum absolute atomic E-state index is 9.72. The van der Waals surface area contributed by atoms with Gasteiger partial charge in [-0.05, 0) is 91.6 Å². The Bertz CT molecular complexity index is 548. The fourth-order valence-corrected chi connectivity index (χ4v) is 6.98. The zero-order valence-corrected chi connectivity index (χ0v) is 12.8. The Morgan fingerprint density at radius 1 is 1.19 bits per heavy atom. The normalized spacial score (nSPS) is 47.6. The van der Waals surface area contributed by atoms with Crippen molar-refractivity contribution in [2.45, 2.75) is 57.3 Å². The summed E-state index contributed by atoms with van der Waals surface area (Å²) in [6, 6.07) is 2.25. The highest BCUT2D eigenvalue weighted by Crippen LogP contribution is 2.67. The molecule has 0 amide bonds. The molecule has 0 radical (unpaired) electrons. The lowest BCUT2D eigenvalue weighted by molar-refractivity contribution is -0.00774. The molecule has 114 valence electrons. The zero-order valence-electron chi connectivity index (χ0n) is 12.8. The van der Waals surface area contributed by atoms with Gasteiger partial charge in [-0.3, -0.25) is 0 Å². The molecule has 0 aromatic carbocycles. The first-order valence-electron chi connectivity index (χ1n) is 8.98. The Balaban J connectivity index is 1.49. The monoisotopic (exact) mass is 286 g/mol. The number of aliphatic hydroxyl groups is 1. The maximum atomic E-state index is 9.72.